The van der Waals surface area contributed by atoms with E-state index in [9.17, 15) is 14.5 Å². The SMILES string of the molecule is O=[N+]([O-])c1ccc(CSc2nnc(-c3ccccc3F)o2)cc1. The van der Waals surface area contributed by atoms with E-state index in [0.717, 1.165) is 5.56 Å². The van der Waals surface area contributed by atoms with Crippen LogP contribution in [0.3, 0.4) is 0 Å². The second kappa shape index (κ2) is 6.57. The summed E-state index contributed by atoms with van der Waals surface area (Å²) in [6.07, 6.45) is 0. The van der Waals surface area contributed by atoms with Gasteiger partial charge in [0.05, 0.1) is 10.5 Å². The van der Waals surface area contributed by atoms with Gasteiger partial charge in [-0.2, -0.15) is 0 Å². The molecule has 0 spiro atoms. The first kappa shape index (κ1) is 15.2. The first-order valence-electron chi connectivity index (χ1n) is 6.58. The summed E-state index contributed by atoms with van der Waals surface area (Å²) >= 11 is 1.28. The van der Waals surface area contributed by atoms with Crippen molar-refractivity contribution in [3.05, 3.63) is 70.0 Å². The van der Waals surface area contributed by atoms with Gasteiger partial charge >= 0.3 is 0 Å². The third-order valence-corrected chi connectivity index (χ3v) is 3.91. The number of hydrogen-bond donors (Lipinski definition) is 0. The summed E-state index contributed by atoms with van der Waals surface area (Å²) in [6.45, 7) is 0. The Hall–Kier alpha value is -2.74. The third kappa shape index (κ3) is 3.54. The van der Waals surface area contributed by atoms with Crippen molar-refractivity contribution in [3.8, 4) is 11.5 Å². The van der Waals surface area contributed by atoms with Gasteiger partial charge in [-0.25, -0.2) is 4.39 Å². The summed E-state index contributed by atoms with van der Waals surface area (Å²) in [5.41, 5.74) is 1.17. The van der Waals surface area contributed by atoms with Crippen molar-refractivity contribution in [1.29, 1.82) is 0 Å². The number of nitrogens with zero attached hydrogens (tertiary/aromatic N) is 3. The first-order chi connectivity index (χ1) is 11.1. The molecule has 8 heteroatoms. The van der Waals surface area contributed by atoms with Crippen molar-refractivity contribution >= 4 is 17.4 Å². The van der Waals surface area contributed by atoms with Crippen LogP contribution in [0.25, 0.3) is 11.5 Å². The van der Waals surface area contributed by atoms with Gasteiger partial charge in [-0.1, -0.05) is 36.0 Å². The number of rotatable bonds is 5. The van der Waals surface area contributed by atoms with E-state index < -0.39 is 10.7 Å². The molecular formula is C15H10FN3O3S. The summed E-state index contributed by atoms with van der Waals surface area (Å²) in [7, 11) is 0. The van der Waals surface area contributed by atoms with Crippen LogP contribution in [0.4, 0.5) is 10.1 Å². The van der Waals surface area contributed by atoms with Gasteiger partial charge in [0.1, 0.15) is 5.82 Å². The number of aromatic nitrogens is 2. The lowest BCUT2D eigenvalue weighted by Gasteiger charge is -1.98. The summed E-state index contributed by atoms with van der Waals surface area (Å²) < 4.78 is 19.1. The van der Waals surface area contributed by atoms with Gasteiger partial charge in [-0.05, 0) is 17.7 Å². The number of thioether (sulfide) groups is 1. The van der Waals surface area contributed by atoms with Crippen molar-refractivity contribution in [2.24, 2.45) is 0 Å². The van der Waals surface area contributed by atoms with Gasteiger partial charge < -0.3 is 4.42 Å². The Morgan fingerprint density at radius 3 is 2.57 bits per heavy atom. The second-order valence-corrected chi connectivity index (χ2v) is 5.49. The van der Waals surface area contributed by atoms with E-state index >= 15 is 0 Å². The number of nitro benzene ring substituents is 1. The molecule has 23 heavy (non-hydrogen) atoms. The standard InChI is InChI=1S/C15H10FN3O3S/c16-13-4-2-1-3-12(13)14-17-18-15(22-14)23-9-10-5-7-11(8-6-10)19(20)21/h1-8H,9H2. The van der Waals surface area contributed by atoms with Crippen molar-refractivity contribution in [2.75, 3.05) is 0 Å². The molecule has 0 saturated carbocycles. The van der Waals surface area contributed by atoms with Crippen LogP contribution in [0.15, 0.2) is 58.2 Å². The number of hydrogen-bond acceptors (Lipinski definition) is 6. The molecule has 0 unspecified atom stereocenters. The third-order valence-electron chi connectivity index (χ3n) is 3.02. The molecule has 116 valence electrons. The Balaban J connectivity index is 1.68. The minimum atomic E-state index is -0.449. The maximum atomic E-state index is 13.6. The van der Waals surface area contributed by atoms with Gasteiger partial charge in [0.15, 0.2) is 0 Å². The molecule has 0 atom stereocenters. The van der Waals surface area contributed by atoms with Crippen molar-refractivity contribution in [3.63, 3.8) is 0 Å². The molecule has 1 aromatic heterocycles. The van der Waals surface area contributed by atoms with Crippen LogP contribution >= 0.6 is 11.8 Å². The summed E-state index contributed by atoms with van der Waals surface area (Å²) in [6, 6.07) is 12.4. The minimum Gasteiger partial charge on any atom is -0.411 e. The topological polar surface area (TPSA) is 82.1 Å². The van der Waals surface area contributed by atoms with Crippen LogP contribution in [-0.4, -0.2) is 15.1 Å². The minimum absolute atomic E-state index is 0.0402. The molecule has 1 heterocycles. The van der Waals surface area contributed by atoms with Crippen LogP contribution in [0.1, 0.15) is 5.56 Å². The first-order valence-corrected chi connectivity index (χ1v) is 7.56. The Kier molecular flexibility index (Phi) is 4.33. The van der Waals surface area contributed by atoms with Gasteiger partial charge in [0.2, 0.25) is 0 Å². The van der Waals surface area contributed by atoms with E-state index in [1.165, 1.54) is 30.0 Å². The molecule has 0 N–H and O–H groups in total. The smallest absolute Gasteiger partial charge is 0.277 e. The molecule has 3 rings (SSSR count). The highest BCUT2D eigenvalue weighted by molar-refractivity contribution is 7.98. The zero-order chi connectivity index (χ0) is 16.2. The molecule has 0 fully saturated rings. The lowest BCUT2D eigenvalue weighted by atomic mass is 10.2. The largest absolute Gasteiger partial charge is 0.411 e. The van der Waals surface area contributed by atoms with Crippen molar-refractivity contribution < 1.29 is 13.7 Å². The molecule has 0 aliphatic rings. The Bertz CT molecular complexity index is 836. The number of non-ortho nitro benzene ring substituents is 1. The number of halogens is 1. The molecule has 0 aliphatic carbocycles. The molecule has 0 amide bonds. The van der Waals surface area contributed by atoms with E-state index in [2.05, 4.69) is 10.2 Å². The van der Waals surface area contributed by atoms with Crippen LogP contribution in [-0.2, 0) is 5.75 Å². The number of benzene rings is 2. The molecule has 6 nitrogen and oxygen atoms in total. The van der Waals surface area contributed by atoms with E-state index in [-0.39, 0.29) is 17.1 Å². The lowest BCUT2D eigenvalue weighted by molar-refractivity contribution is -0.384. The summed E-state index contributed by atoms with van der Waals surface area (Å²) in [4.78, 5) is 10.1. The predicted molar refractivity (Wildman–Crippen MR) is 82.3 cm³/mol. The zero-order valence-corrected chi connectivity index (χ0v) is 12.5. The Labute approximate surface area is 134 Å². The monoisotopic (exact) mass is 331 g/mol. The highest BCUT2D eigenvalue weighted by Crippen LogP contribution is 2.27. The molecule has 3 aromatic rings. The average molecular weight is 331 g/mol. The predicted octanol–water partition coefficient (Wildman–Crippen LogP) is 4.08. The van der Waals surface area contributed by atoms with Gasteiger partial charge in [-0.15, -0.1) is 10.2 Å². The van der Waals surface area contributed by atoms with Gasteiger partial charge in [0, 0.05) is 17.9 Å². The second-order valence-electron chi connectivity index (χ2n) is 4.57. The van der Waals surface area contributed by atoms with E-state index in [1.807, 2.05) is 0 Å². The fourth-order valence-electron chi connectivity index (χ4n) is 1.87. The maximum Gasteiger partial charge on any atom is 0.277 e. The number of nitro groups is 1. The van der Waals surface area contributed by atoms with Crippen molar-refractivity contribution in [2.45, 2.75) is 11.0 Å². The molecular weight excluding hydrogens is 321 g/mol. The van der Waals surface area contributed by atoms with Crippen LogP contribution in [0, 0.1) is 15.9 Å². The Morgan fingerprint density at radius 1 is 1.13 bits per heavy atom. The summed E-state index contributed by atoms with van der Waals surface area (Å²) in [5.74, 6) is 0.203. The summed E-state index contributed by atoms with van der Waals surface area (Å²) in [5, 5.41) is 18.6. The zero-order valence-electron chi connectivity index (χ0n) is 11.7. The quantitative estimate of drug-likeness (QED) is 0.398. The van der Waals surface area contributed by atoms with Gasteiger partial charge in [0.25, 0.3) is 16.8 Å². The van der Waals surface area contributed by atoms with Crippen LogP contribution < -0.4 is 0 Å². The van der Waals surface area contributed by atoms with E-state index in [0.29, 0.717) is 11.0 Å². The molecule has 0 bridgehead atoms. The molecule has 2 aromatic carbocycles. The van der Waals surface area contributed by atoms with Crippen LogP contribution in [0.2, 0.25) is 0 Å². The fourth-order valence-corrected chi connectivity index (χ4v) is 2.59. The maximum absolute atomic E-state index is 13.6. The average Bonchev–Trinajstić information content (AvgIpc) is 3.02. The molecule has 0 aliphatic heterocycles. The Morgan fingerprint density at radius 2 is 1.87 bits per heavy atom. The molecule has 0 radical (unpaired) electrons. The van der Waals surface area contributed by atoms with Crippen LogP contribution in [0.5, 0.6) is 0 Å². The fraction of sp³-hybridized carbons (Fsp3) is 0.0667. The highest BCUT2D eigenvalue weighted by atomic mass is 32.2. The van der Waals surface area contributed by atoms with E-state index in [4.69, 9.17) is 4.42 Å². The normalized spacial score (nSPS) is 10.7. The highest BCUT2D eigenvalue weighted by Gasteiger charge is 2.13. The molecule has 0 saturated heterocycles. The lowest BCUT2D eigenvalue weighted by Crippen LogP contribution is -1.88. The van der Waals surface area contributed by atoms with Crippen molar-refractivity contribution in [1.82, 2.24) is 10.2 Å². The van der Waals surface area contributed by atoms with Gasteiger partial charge in [-0.3, -0.25) is 10.1 Å². The van der Waals surface area contributed by atoms with E-state index in [1.54, 1.807) is 30.3 Å².